The van der Waals surface area contributed by atoms with Crippen LogP contribution in [0.3, 0.4) is 0 Å². The molecule has 1 atom stereocenters. The first-order valence-corrected chi connectivity index (χ1v) is 7.91. The molecule has 1 saturated heterocycles. The van der Waals surface area contributed by atoms with Gasteiger partial charge in [-0.3, -0.25) is 0 Å². The lowest BCUT2D eigenvalue weighted by Crippen LogP contribution is -2.15. The molecule has 1 aliphatic carbocycles. The molecular formula is C15H21NOS. The highest BCUT2D eigenvalue weighted by atomic mass is 32.2. The normalized spacial score (nSPS) is 23.4. The molecule has 0 bridgehead atoms. The zero-order valence-corrected chi connectivity index (χ0v) is 11.5. The van der Waals surface area contributed by atoms with Crippen molar-refractivity contribution < 1.29 is 4.74 Å². The third-order valence-corrected chi connectivity index (χ3v) is 4.85. The summed E-state index contributed by atoms with van der Waals surface area (Å²) in [6.07, 6.45) is 3.95. The Balaban J connectivity index is 1.44. The second-order valence-electron chi connectivity index (χ2n) is 5.34. The van der Waals surface area contributed by atoms with Gasteiger partial charge in [0.2, 0.25) is 0 Å². The van der Waals surface area contributed by atoms with Crippen molar-refractivity contribution in [2.24, 2.45) is 5.92 Å². The SMILES string of the molecule is c1cc(SCC2CCOC2)ccc1CNC1CC1. The van der Waals surface area contributed by atoms with Gasteiger partial charge in [0.05, 0.1) is 6.61 Å². The van der Waals surface area contributed by atoms with E-state index in [0.717, 1.165) is 31.7 Å². The first-order chi connectivity index (χ1) is 8.90. The van der Waals surface area contributed by atoms with E-state index in [-0.39, 0.29) is 0 Å². The Morgan fingerprint density at radius 3 is 2.67 bits per heavy atom. The lowest BCUT2D eigenvalue weighted by Gasteiger charge is -2.08. The lowest BCUT2D eigenvalue weighted by atomic mass is 10.2. The lowest BCUT2D eigenvalue weighted by molar-refractivity contribution is 0.189. The van der Waals surface area contributed by atoms with Gasteiger partial charge in [-0.25, -0.2) is 0 Å². The van der Waals surface area contributed by atoms with Crippen LogP contribution in [0.4, 0.5) is 0 Å². The van der Waals surface area contributed by atoms with E-state index in [1.165, 1.54) is 35.5 Å². The Hall–Kier alpha value is -0.510. The maximum atomic E-state index is 5.40. The number of rotatable bonds is 6. The highest BCUT2D eigenvalue weighted by Crippen LogP contribution is 2.25. The van der Waals surface area contributed by atoms with E-state index >= 15 is 0 Å². The van der Waals surface area contributed by atoms with Gasteiger partial charge in [-0.2, -0.15) is 0 Å². The van der Waals surface area contributed by atoms with Gasteiger partial charge >= 0.3 is 0 Å². The van der Waals surface area contributed by atoms with E-state index in [0.29, 0.717) is 0 Å². The fraction of sp³-hybridized carbons (Fsp3) is 0.600. The minimum atomic E-state index is 0.756. The standard InChI is InChI=1S/C15H21NOS/c1-5-15(18-11-13-7-8-17-10-13)6-2-12(1)9-16-14-3-4-14/h1-2,5-6,13-14,16H,3-4,7-11H2. The van der Waals surface area contributed by atoms with Crippen LogP contribution in [0.15, 0.2) is 29.2 Å². The van der Waals surface area contributed by atoms with E-state index in [2.05, 4.69) is 29.6 Å². The summed E-state index contributed by atoms with van der Waals surface area (Å²) in [5.74, 6) is 1.95. The van der Waals surface area contributed by atoms with E-state index in [9.17, 15) is 0 Å². The molecule has 1 aromatic carbocycles. The third-order valence-electron chi connectivity index (χ3n) is 3.61. The number of benzene rings is 1. The Bertz CT molecular complexity index is 369. The Morgan fingerprint density at radius 1 is 1.17 bits per heavy atom. The van der Waals surface area contributed by atoms with Crippen LogP contribution in [-0.4, -0.2) is 25.0 Å². The van der Waals surface area contributed by atoms with E-state index < -0.39 is 0 Å². The van der Waals surface area contributed by atoms with Gasteiger partial charge in [-0.05, 0) is 42.9 Å². The van der Waals surface area contributed by atoms with Crippen LogP contribution in [0.1, 0.15) is 24.8 Å². The maximum Gasteiger partial charge on any atom is 0.0503 e. The Kier molecular flexibility index (Phi) is 4.24. The van der Waals surface area contributed by atoms with Crippen molar-refractivity contribution in [2.75, 3.05) is 19.0 Å². The molecule has 2 nitrogen and oxygen atoms in total. The Labute approximate surface area is 113 Å². The molecule has 2 aliphatic rings. The van der Waals surface area contributed by atoms with Gasteiger partial charge in [-0.1, -0.05) is 12.1 Å². The van der Waals surface area contributed by atoms with Gasteiger partial charge in [0.25, 0.3) is 0 Å². The van der Waals surface area contributed by atoms with Crippen molar-refractivity contribution in [1.82, 2.24) is 5.32 Å². The summed E-state index contributed by atoms with van der Waals surface area (Å²) in [5.41, 5.74) is 1.40. The Morgan fingerprint density at radius 2 is 2.00 bits per heavy atom. The quantitative estimate of drug-likeness (QED) is 0.797. The molecule has 0 amide bonds. The summed E-state index contributed by atoms with van der Waals surface area (Å²) in [7, 11) is 0. The molecule has 1 saturated carbocycles. The number of hydrogen-bond acceptors (Lipinski definition) is 3. The molecule has 1 unspecified atom stereocenters. The molecule has 1 aliphatic heterocycles. The predicted molar refractivity (Wildman–Crippen MR) is 76.0 cm³/mol. The highest BCUT2D eigenvalue weighted by molar-refractivity contribution is 7.99. The molecule has 1 heterocycles. The molecule has 0 spiro atoms. The molecule has 1 N–H and O–H groups in total. The van der Waals surface area contributed by atoms with Gasteiger partial charge < -0.3 is 10.1 Å². The molecular weight excluding hydrogens is 242 g/mol. The maximum absolute atomic E-state index is 5.40. The van der Waals surface area contributed by atoms with Gasteiger partial charge in [0, 0.05) is 29.8 Å². The topological polar surface area (TPSA) is 21.3 Å². The average molecular weight is 263 g/mol. The molecule has 0 radical (unpaired) electrons. The zero-order chi connectivity index (χ0) is 12.2. The van der Waals surface area contributed by atoms with E-state index in [4.69, 9.17) is 4.74 Å². The molecule has 0 aromatic heterocycles. The number of hydrogen-bond donors (Lipinski definition) is 1. The summed E-state index contributed by atoms with van der Waals surface area (Å²) in [6, 6.07) is 9.81. The van der Waals surface area contributed by atoms with Crippen molar-refractivity contribution in [1.29, 1.82) is 0 Å². The molecule has 3 rings (SSSR count). The minimum Gasteiger partial charge on any atom is -0.381 e. The van der Waals surface area contributed by atoms with Crippen LogP contribution in [-0.2, 0) is 11.3 Å². The van der Waals surface area contributed by atoms with Crippen LogP contribution >= 0.6 is 11.8 Å². The van der Waals surface area contributed by atoms with Crippen LogP contribution in [0.25, 0.3) is 0 Å². The second-order valence-corrected chi connectivity index (χ2v) is 6.43. The second kappa shape index (κ2) is 6.09. The molecule has 2 fully saturated rings. The molecule has 1 aromatic rings. The smallest absolute Gasteiger partial charge is 0.0503 e. The third kappa shape index (κ3) is 3.74. The van der Waals surface area contributed by atoms with E-state index in [1.54, 1.807) is 0 Å². The summed E-state index contributed by atoms with van der Waals surface area (Å²) in [4.78, 5) is 1.39. The summed E-state index contributed by atoms with van der Waals surface area (Å²) < 4.78 is 5.40. The molecule has 18 heavy (non-hydrogen) atoms. The fourth-order valence-electron chi connectivity index (χ4n) is 2.18. The van der Waals surface area contributed by atoms with Gasteiger partial charge in [0.15, 0.2) is 0 Å². The zero-order valence-electron chi connectivity index (χ0n) is 10.7. The van der Waals surface area contributed by atoms with Crippen molar-refractivity contribution >= 4 is 11.8 Å². The first-order valence-electron chi connectivity index (χ1n) is 6.93. The van der Waals surface area contributed by atoms with Crippen molar-refractivity contribution in [3.63, 3.8) is 0 Å². The van der Waals surface area contributed by atoms with Crippen molar-refractivity contribution in [2.45, 2.75) is 36.7 Å². The minimum absolute atomic E-state index is 0.756. The monoisotopic (exact) mass is 263 g/mol. The van der Waals surface area contributed by atoms with E-state index in [1.807, 2.05) is 11.8 Å². The summed E-state index contributed by atoms with van der Waals surface area (Å²) >= 11 is 1.96. The highest BCUT2D eigenvalue weighted by Gasteiger charge is 2.19. The summed E-state index contributed by atoms with van der Waals surface area (Å²) in [6.45, 7) is 2.93. The first kappa shape index (κ1) is 12.5. The predicted octanol–water partition coefficient (Wildman–Crippen LogP) is 3.07. The van der Waals surface area contributed by atoms with Gasteiger partial charge in [-0.15, -0.1) is 11.8 Å². The number of thioether (sulfide) groups is 1. The van der Waals surface area contributed by atoms with Crippen LogP contribution in [0.5, 0.6) is 0 Å². The average Bonchev–Trinajstić information content (AvgIpc) is 3.09. The van der Waals surface area contributed by atoms with Crippen molar-refractivity contribution in [3.05, 3.63) is 29.8 Å². The number of nitrogens with one attached hydrogen (secondary N) is 1. The molecule has 3 heteroatoms. The van der Waals surface area contributed by atoms with Crippen molar-refractivity contribution in [3.8, 4) is 0 Å². The van der Waals surface area contributed by atoms with Crippen LogP contribution < -0.4 is 5.32 Å². The number of ether oxygens (including phenoxy) is 1. The molecule has 98 valence electrons. The largest absolute Gasteiger partial charge is 0.381 e. The van der Waals surface area contributed by atoms with Crippen LogP contribution in [0.2, 0.25) is 0 Å². The van der Waals surface area contributed by atoms with Gasteiger partial charge in [0.1, 0.15) is 0 Å². The van der Waals surface area contributed by atoms with Crippen LogP contribution in [0, 0.1) is 5.92 Å². The fourth-order valence-corrected chi connectivity index (χ4v) is 3.20. The summed E-state index contributed by atoms with van der Waals surface area (Å²) in [5, 5.41) is 3.55.